The highest BCUT2D eigenvalue weighted by Crippen LogP contribution is 2.31. The second-order valence-electron chi connectivity index (χ2n) is 6.24. The van der Waals surface area contributed by atoms with E-state index in [1.807, 2.05) is 30.3 Å². The van der Waals surface area contributed by atoms with E-state index in [0.29, 0.717) is 22.7 Å². The summed E-state index contributed by atoms with van der Waals surface area (Å²) in [4.78, 5) is 7.57. The van der Waals surface area contributed by atoms with Gasteiger partial charge in [0.1, 0.15) is 23.9 Å². The molecule has 4 nitrogen and oxygen atoms in total. The van der Waals surface area contributed by atoms with E-state index >= 15 is 0 Å². The van der Waals surface area contributed by atoms with E-state index in [9.17, 15) is 18.3 Å². The highest BCUT2D eigenvalue weighted by molar-refractivity contribution is 5.83. The van der Waals surface area contributed by atoms with Crippen molar-refractivity contribution in [3.63, 3.8) is 0 Å². The highest BCUT2D eigenvalue weighted by atomic mass is 19.4. The summed E-state index contributed by atoms with van der Waals surface area (Å²) in [5.74, 6) is 1.05. The second-order valence-corrected chi connectivity index (χ2v) is 6.24. The molecule has 0 aliphatic heterocycles. The Balaban J connectivity index is 1.51. The number of ether oxygens (including phenoxy) is 1. The molecule has 28 heavy (non-hydrogen) atoms. The molecule has 0 amide bonds. The van der Waals surface area contributed by atoms with Gasteiger partial charge in [-0.05, 0) is 48.0 Å². The van der Waals surface area contributed by atoms with Crippen LogP contribution in [0.5, 0.6) is 11.5 Å². The number of halogens is 3. The number of phenolic OH excluding ortho intramolecular Hbond substituents is 1. The smallest absolute Gasteiger partial charge is 0.416 e. The maximum Gasteiger partial charge on any atom is 0.416 e. The van der Waals surface area contributed by atoms with E-state index in [2.05, 4.69) is 9.97 Å². The Morgan fingerprint density at radius 3 is 2.43 bits per heavy atom. The van der Waals surface area contributed by atoms with Gasteiger partial charge < -0.3 is 14.8 Å². The number of hydrogen-bond donors (Lipinski definition) is 2. The van der Waals surface area contributed by atoms with E-state index in [0.717, 1.165) is 23.2 Å². The van der Waals surface area contributed by atoms with Crippen molar-refractivity contribution in [2.24, 2.45) is 0 Å². The SMILES string of the molecule is Oc1ccccc1-c1ccc2[nH]c(COc3ccc(C(F)(F)F)cc3)nc2c1. The van der Waals surface area contributed by atoms with Crippen molar-refractivity contribution in [3.05, 3.63) is 78.1 Å². The van der Waals surface area contributed by atoms with Crippen molar-refractivity contribution in [3.8, 4) is 22.6 Å². The minimum absolute atomic E-state index is 0.0893. The average Bonchev–Trinajstić information content (AvgIpc) is 3.08. The molecule has 0 atom stereocenters. The fourth-order valence-corrected chi connectivity index (χ4v) is 2.90. The summed E-state index contributed by atoms with van der Waals surface area (Å²) in [6.07, 6.45) is -4.37. The first-order valence-electron chi connectivity index (χ1n) is 8.47. The number of hydrogen-bond acceptors (Lipinski definition) is 3. The summed E-state index contributed by atoms with van der Waals surface area (Å²) in [5, 5.41) is 10.0. The zero-order valence-electron chi connectivity index (χ0n) is 14.5. The fraction of sp³-hybridized carbons (Fsp3) is 0.0952. The van der Waals surface area contributed by atoms with Gasteiger partial charge in [-0.15, -0.1) is 0 Å². The molecule has 0 bridgehead atoms. The third-order valence-electron chi connectivity index (χ3n) is 4.30. The highest BCUT2D eigenvalue weighted by Gasteiger charge is 2.30. The summed E-state index contributed by atoms with van der Waals surface area (Å²) in [7, 11) is 0. The topological polar surface area (TPSA) is 58.1 Å². The number of nitrogens with one attached hydrogen (secondary N) is 1. The van der Waals surface area contributed by atoms with Gasteiger partial charge >= 0.3 is 6.18 Å². The largest absolute Gasteiger partial charge is 0.507 e. The third kappa shape index (κ3) is 3.64. The molecule has 2 N–H and O–H groups in total. The molecule has 142 valence electrons. The number of alkyl halides is 3. The minimum atomic E-state index is -4.37. The van der Waals surface area contributed by atoms with Gasteiger partial charge in [0, 0.05) is 5.56 Å². The quantitative estimate of drug-likeness (QED) is 0.486. The Kier molecular flexibility index (Phi) is 4.43. The van der Waals surface area contributed by atoms with E-state index in [4.69, 9.17) is 4.74 Å². The van der Waals surface area contributed by atoms with Crippen LogP contribution in [0.25, 0.3) is 22.2 Å². The number of aromatic hydroxyl groups is 1. The summed E-state index contributed by atoms with van der Waals surface area (Å²) in [6.45, 7) is 0.0893. The summed E-state index contributed by atoms with van der Waals surface area (Å²) in [6, 6.07) is 17.1. The molecule has 1 heterocycles. The average molecular weight is 384 g/mol. The molecular formula is C21H15F3N2O2. The number of rotatable bonds is 4. The number of imidazole rings is 1. The predicted octanol–water partition coefficient (Wildman–Crippen LogP) is 5.53. The number of phenols is 1. The molecule has 0 radical (unpaired) electrons. The van der Waals surface area contributed by atoms with Crippen LogP contribution >= 0.6 is 0 Å². The lowest BCUT2D eigenvalue weighted by molar-refractivity contribution is -0.137. The first-order valence-corrected chi connectivity index (χ1v) is 8.47. The van der Waals surface area contributed by atoms with Gasteiger partial charge in [-0.1, -0.05) is 24.3 Å². The number of fused-ring (bicyclic) bond motifs is 1. The number of para-hydroxylation sites is 1. The summed E-state index contributed by atoms with van der Waals surface area (Å²) in [5.41, 5.74) is 2.31. The van der Waals surface area contributed by atoms with Crippen molar-refractivity contribution in [1.29, 1.82) is 0 Å². The standard InChI is InChI=1S/C21H15F3N2O2/c22-21(23,24)14-6-8-15(9-7-14)28-12-20-25-17-10-5-13(11-18(17)26-20)16-3-1-2-4-19(16)27/h1-11,27H,12H2,(H,25,26). The molecule has 0 aliphatic rings. The Labute approximate surface area is 158 Å². The van der Waals surface area contributed by atoms with Crippen LogP contribution in [-0.2, 0) is 12.8 Å². The van der Waals surface area contributed by atoms with Gasteiger partial charge in [-0.25, -0.2) is 4.98 Å². The van der Waals surface area contributed by atoms with Gasteiger partial charge in [-0.3, -0.25) is 0 Å². The van der Waals surface area contributed by atoms with E-state index in [-0.39, 0.29) is 12.4 Å². The zero-order chi connectivity index (χ0) is 19.7. The maximum atomic E-state index is 12.6. The molecule has 4 aromatic rings. The number of aromatic nitrogens is 2. The minimum Gasteiger partial charge on any atom is -0.507 e. The van der Waals surface area contributed by atoms with Crippen molar-refractivity contribution in [2.45, 2.75) is 12.8 Å². The Bertz CT molecular complexity index is 1120. The number of nitrogens with zero attached hydrogens (tertiary/aromatic N) is 1. The second kappa shape index (κ2) is 6.92. The molecule has 0 saturated carbocycles. The molecule has 0 spiro atoms. The number of benzene rings is 3. The first-order chi connectivity index (χ1) is 13.4. The molecule has 0 aliphatic carbocycles. The van der Waals surface area contributed by atoms with E-state index in [1.54, 1.807) is 12.1 Å². The monoisotopic (exact) mass is 384 g/mol. The molecule has 0 fully saturated rings. The lowest BCUT2D eigenvalue weighted by Gasteiger charge is -2.08. The molecule has 7 heteroatoms. The van der Waals surface area contributed by atoms with E-state index < -0.39 is 11.7 Å². The first kappa shape index (κ1) is 17.9. The molecule has 3 aromatic carbocycles. The Morgan fingerprint density at radius 2 is 1.71 bits per heavy atom. The third-order valence-corrected chi connectivity index (χ3v) is 4.30. The molecule has 4 rings (SSSR count). The van der Waals surface area contributed by atoms with Crippen LogP contribution in [0.4, 0.5) is 13.2 Å². The van der Waals surface area contributed by atoms with Crippen molar-refractivity contribution < 1.29 is 23.0 Å². The molecule has 1 aromatic heterocycles. The Hall–Kier alpha value is -3.48. The van der Waals surface area contributed by atoms with Crippen molar-refractivity contribution >= 4 is 11.0 Å². The summed E-state index contributed by atoms with van der Waals surface area (Å²) < 4.78 is 43.3. The summed E-state index contributed by atoms with van der Waals surface area (Å²) >= 11 is 0. The van der Waals surface area contributed by atoms with Crippen LogP contribution in [0.1, 0.15) is 11.4 Å². The zero-order valence-corrected chi connectivity index (χ0v) is 14.5. The molecular weight excluding hydrogens is 369 g/mol. The van der Waals surface area contributed by atoms with Crippen molar-refractivity contribution in [1.82, 2.24) is 9.97 Å². The maximum absolute atomic E-state index is 12.6. The number of H-pyrrole nitrogens is 1. The predicted molar refractivity (Wildman–Crippen MR) is 99.0 cm³/mol. The van der Waals surface area contributed by atoms with Crippen molar-refractivity contribution in [2.75, 3.05) is 0 Å². The van der Waals surface area contributed by atoms with Gasteiger partial charge in [0.05, 0.1) is 16.6 Å². The normalized spacial score (nSPS) is 11.7. The van der Waals surface area contributed by atoms with Gasteiger partial charge in [-0.2, -0.15) is 13.2 Å². The lowest BCUT2D eigenvalue weighted by Crippen LogP contribution is -2.04. The van der Waals surface area contributed by atoms with Crippen LogP contribution in [-0.4, -0.2) is 15.1 Å². The molecule has 0 unspecified atom stereocenters. The van der Waals surface area contributed by atoms with Gasteiger partial charge in [0.2, 0.25) is 0 Å². The van der Waals surface area contributed by atoms with Crippen LogP contribution < -0.4 is 4.74 Å². The van der Waals surface area contributed by atoms with Crippen LogP contribution in [0.15, 0.2) is 66.7 Å². The lowest BCUT2D eigenvalue weighted by atomic mass is 10.0. The van der Waals surface area contributed by atoms with Crippen LogP contribution in [0, 0.1) is 0 Å². The Morgan fingerprint density at radius 1 is 0.964 bits per heavy atom. The number of aromatic amines is 1. The van der Waals surface area contributed by atoms with Crippen LogP contribution in [0.3, 0.4) is 0 Å². The van der Waals surface area contributed by atoms with Gasteiger partial charge in [0.15, 0.2) is 0 Å². The molecule has 0 saturated heterocycles. The fourth-order valence-electron chi connectivity index (χ4n) is 2.90. The van der Waals surface area contributed by atoms with Gasteiger partial charge in [0.25, 0.3) is 0 Å². The van der Waals surface area contributed by atoms with Crippen LogP contribution in [0.2, 0.25) is 0 Å². The van der Waals surface area contributed by atoms with E-state index in [1.165, 1.54) is 12.1 Å².